The molecule has 1 radical (unpaired) electrons. The Morgan fingerprint density at radius 3 is 1.83 bits per heavy atom. The van der Waals surface area contributed by atoms with E-state index in [1.807, 2.05) is 0 Å². The molecule has 6 heavy (non-hydrogen) atoms. The first kappa shape index (κ1) is 9.34. The molecule has 37 valence electrons. The fourth-order valence-corrected chi connectivity index (χ4v) is 0. The molecule has 0 aliphatic carbocycles. The molecule has 0 rings (SSSR count). The molecule has 0 aliphatic rings. The minimum atomic E-state index is -1.19. The van der Waals surface area contributed by atoms with Gasteiger partial charge in [0.25, 0.3) is 0 Å². The van der Waals surface area contributed by atoms with Gasteiger partial charge in [0.2, 0.25) is 0 Å². The maximum atomic E-state index is 9.12. The van der Waals surface area contributed by atoms with Crippen LogP contribution in [-0.2, 0) is 21.9 Å². The van der Waals surface area contributed by atoms with Crippen molar-refractivity contribution >= 4 is 5.97 Å². The normalized spacial score (nSPS) is 6.17. The molecule has 0 aromatic heterocycles. The van der Waals surface area contributed by atoms with E-state index in [1.165, 1.54) is 0 Å². The van der Waals surface area contributed by atoms with Crippen molar-refractivity contribution < 1.29 is 32.1 Å². The van der Waals surface area contributed by atoms with Crippen LogP contribution in [0.2, 0.25) is 0 Å². The molecule has 2 N–H and O–H groups in total. The third-order valence-electron chi connectivity index (χ3n) is 0.135. The SMILES string of the molecule is O=C(O)CO.[Mn]. The second kappa shape index (κ2) is 4.95. The zero-order valence-corrected chi connectivity index (χ0v) is 4.07. The van der Waals surface area contributed by atoms with E-state index in [-0.39, 0.29) is 17.1 Å². The first-order valence-corrected chi connectivity index (χ1v) is 1.10. The van der Waals surface area contributed by atoms with Crippen molar-refractivity contribution in [2.75, 3.05) is 6.61 Å². The molecule has 4 heteroatoms. The van der Waals surface area contributed by atoms with E-state index >= 15 is 0 Å². The van der Waals surface area contributed by atoms with Gasteiger partial charge in [-0.25, -0.2) is 4.79 Å². The number of aliphatic hydroxyl groups excluding tert-OH is 1. The van der Waals surface area contributed by atoms with Crippen molar-refractivity contribution in [1.82, 2.24) is 0 Å². The average molecular weight is 131 g/mol. The third kappa shape index (κ3) is 9.04. The number of carboxylic acid groups (broad SMARTS) is 1. The smallest absolute Gasteiger partial charge is 0.329 e. The van der Waals surface area contributed by atoms with Crippen LogP contribution in [0, 0.1) is 0 Å². The molecule has 0 aliphatic heterocycles. The van der Waals surface area contributed by atoms with E-state index in [1.54, 1.807) is 0 Å². The van der Waals surface area contributed by atoms with Gasteiger partial charge in [0.15, 0.2) is 0 Å². The summed E-state index contributed by atoms with van der Waals surface area (Å²) in [6, 6.07) is 0. The number of hydrogen-bond donors (Lipinski definition) is 2. The number of carbonyl (C=O) groups is 1. The molecule has 0 fully saturated rings. The molecule has 0 aromatic rings. The monoisotopic (exact) mass is 131 g/mol. The molecule has 0 heterocycles. The maximum absolute atomic E-state index is 9.12. The molecule has 3 nitrogen and oxygen atoms in total. The summed E-state index contributed by atoms with van der Waals surface area (Å²) in [4.78, 5) is 9.12. The summed E-state index contributed by atoms with van der Waals surface area (Å²) < 4.78 is 0. The third-order valence-corrected chi connectivity index (χ3v) is 0.135. The quantitative estimate of drug-likeness (QED) is 0.451. The summed E-state index contributed by atoms with van der Waals surface area (Å²) in [7, 11) is 0. The van der Waals surface area contributed by atoms with Crippen LogP contribution in [0.15, 0.2) is 0 Å². The molecule has 0 spiro atoms. The summed E-state index contributed by atoms with van der Waals surface area (Å²) in [5, 5.41) is 15.0. The minimum absolute atomic E-state index is 0. The number of carboxylic acids is 1. The Hall–Kier alpha value is -0.0505. The van der Waals surface area contributed by atoms with Crippen LogP contribution >= 0.6 is 0 Å². The van der Waals surface area contributed by atoms with Gasteiger partial charge in [-0.1, -0.05) is 0 Å². The number of aliphatic carboxylic acids is 1. The van der Waals surface area contributed by atoms with E-state index in [0.717, 1.165) is 0 Å². The zero-order valence-electron chi connectivity index (χ0n) is 2.89. The standard InChI is InChI=1S/C2H4O3.Mn/c3-1-2(4)5;/h3H,1H2,(H,4,5);. The van der Waals surface area contributed by atoms with E-state index < -0.39 is 12.6 Å². The van der Waals surface area contributed by atoms with Gasteiger partial charge < -0.3 is 10.2 Å². The molecule has 0 unspecified atom stereocenters. The van der Waals surface area contributed by atoms with E-state index in [4.69, 9.17) is 15.0 Å². The van der Waals surface area contributed by atoms with Crippen molar-refractivity contribution in [1.29, 1.82) is 0 Å². The largest absolute Gasteiger partial charge is 0.480 e. The van der Waals surface area contributed by atoms with Crippen LogP contribution in [0.4, 0.5) is 0 Å². The first-order chi connectivity index (χ1) is 2.27. The molecular formula is C2H4MnO3. The fraction of sp³-hybridized carbons (Fsp3) is 0.500. The predicted octanol–water partition coefficient (Wildman–Crippen LogP) is -0.939. The van der Waals surface area contributed by atoms with Gasteiger partial charge >= 0.3 is 5.97 Å². The van der Waals surface area contributed by atoms with Gasteiger partial charge in [-0.3, -0.25) is 0 Å². The Balaban J connectivity index is 0. The van der Waals surface area contributed by atoms with Crippen LogP contribution in [0.5, 0.6) is 0 Å². The van der Waals surface area contributed by atoms with Crippen molar-refractivity contribution in [3.8, 4) is 0 Å². The molecule has 0 bridgehead atoms. The molecular weight excluding hydrogens is 127 g/mol. The second-order valence-electron chi connectivity index (χ2n) is 0.552. The van der Waals surface area contributed by atoms with E-state index in [0.29, 0.717) is 0 Å². The maximum Gasteiger partial charge on any atom is 0.329 e. The number of aliphatic hydroxyl groups is 1. The molecule has 0 saturated heterocycles. The summed E-state index contributed by atoms with van der Waals surface area (Å²) in [6.07, 6.45) is 0. The number of rotatable bonds is 1. The summed E-state index contributed by atoms with van der Waals surface area (Å²) in [6.45, 7) is -0.778. The van der Waals surface area contributed by atoms with Gasteiger partial charge in [0.05, 0.1) is 0 Å². The van der Waals surface area contributed by atoms with Crippen LogP contribution in [0.1, 0.15) is 0 Å². The van der Waals surface area contributed by atoms with Crippen LogP contribution in [-0.4, -0.2) is 22.8 Å². The van der Waals surface area contributed by atoms with Crippen LogP contribution in [0.25, 0.3) is 0 Å². The van der Waals surface area contributed by atoms with Gasteiger partial charge in [-0.15, -0.1) is 0 Å². The second-order valence-corrected chi connectivity index (χ2v) is 0.552. The Kier molecular flexibility index (Phi) is 7.71. The zero-order chi connectivity index (χ0) is 4.28. The summed E-state index contributed by atoms with van der Waals surface area (Å²) in [5.74, 6) is -1.19. The summed E-state index contributed by atoms with van der Waals surface area (Å²) >= 11 is 0. The number of hydrogen-bond acceptors (Lipinski definition) is 2. The molecule has 0 amide bonds. The molecule has 0 aromatic carbocycles. The predicted molar refractivity (Wildman–Crippen MR) is 14.7 cm³/mol. The average Bonchev–Trinajstić information content (AvgIpc) is 1.38. The van der Waals surface area contributed by atoms with Gasteiger partial charge in [-0.2, -0.15) is 0 Å². The van der Waals surface area contributed by atoms with Crippen molar-refractivity contribution in [3.05, 3.63) is 0 Å². The van der Waals surface area contributed by atoms with Crippen LogP contribution in [0.3, 0.4) is 0 Å². The van der Waals surface area contributed by atoms with Crippen molar-refractivity contribution in [3.63, 3.8) is 0 Å². The van der Waals surface area contributed by atoms with E-state index in [2.05, 4.69) is 0 Å². The fourth-order valence-electron chi connectivity index (χ4n) is 0. The van der Waals surface area contributed by atoms with Gasteiger partial charge in [0, 0.05) is 17.1 Å². The van der Waals surface area contributed by atoms with E-state index in [9.17, 15) is 0 Å². The van der Waals surface area contributed by atoms with Crippen molar-refractivity contribution in [2.45, 2.75) is 0 Å². The topological polar surface area (TPSA) is 57.5 Å². The van der Waals surface area contributed by atoms with Crippen LogP contribution < -0.4 is 0 Å². The Bertz CT molecular complexity index is 44.1. The van der Waals surface area contributed by atoms with Gasteiger partial charge in [-0.05, 0) is 0 Å². The summed E-state index contributed by atoms with van der Waals surface area (Å²) in [5.41, 5.74) is 0. The molecule has 0 atom stereocenters. The Morgan fingerprint density at radius 1 is 1.67 bits per heavy atom. The Labute approximate surface area is 45.4 Å². The Morgan fingerprint density at radius 2 is 1.83 bits per heavy atom. The first-order valence-electron chi connectivity index (χ1n) is 1.10. The van der Waals surface area contributed by atoms with Crippen molar-refractivity contribution in [2.24, 2.45) is 0 Å². The minimum Gasteiger partial charge on any atom is -0.480 e. The van der Waals surface area contributed by atoms with Gasteiger partial charge in [0.1, 0.15) is 6.61 Å². The molecule has 0 saturated carbocycles.